The average molecular weight is 187 g/mol. The minimum Gasteiger partial charge on any atom is -0.397 e. The van der Waals surface area contributed by atoms with E-state index in [1.54, 1.807) is 4.68 Å². The Morgan fingerprint density at radius 3 is 2.64 bits per heavy atom. The quantitative estimate of drug-likeness (QED) is 0.694. The van der Waals surface area contributed by atoms with Crippen molar-refractivity contribution in [3.8, 4) is 5.69 Å². The highest BCUT2D eigenvalue weighted by Crippen LogP contribution is 2.18. The highest BCUT2D eigenvalue weighted by molar-refractivity contribution is 5.58. The van der Waals surface area contributed by atoms with Crippen molar-refractivity contribution in [2.45, 2.75) is 13.8 Å². The first kappa shape index (κ1) is 8.81. The molecule has 72 valence electrons. The maximum atomic E-state index is 5.87. The molecule has 0 saturated heterocycles. The number of anilines is 1. The highest BCUT2D eigenvalue weighted by Gasteiger charge is 2.02. The van der Waals surface area contributed by atoms with Crippen LogP contribution in [0.4, 0.5) is 5.69 Å². The summed E-state index contributed by atoms with van der Waals surface area (Å²) in [6.07, 6.45) is 3.78. The number of rotatable bonds is 1. The molecule has 1 aromatic heterocycles. The molecule has 14 heavy (non-hydrogen) atoms. The molecule has 0 aliphatic rings. The van der Waals surface area contributed by atoms with Crippen molar-refractivity contribution in [2.75, 3.05) is 5.73 Å². The fraction of sp³-hybridized carbons (Fsp3) is 0.182. The van der Waals surface area contributed by atoms with E-state index in [-0.39, 0.29) is 0 Å². The molecular formula is C11H13N3. The lowest BCUT2D eigenvalue weighted by atomic mass is 10.2. The number of hydrogen-bond donors (Lipinski definition) is 1. The average Bonchev–Trinajstić information content (AvgIpc) is 2.56. The van der Waals surface area contributed by atoms with E-state index in [4.69, 9.17) is 5.73 Å². The van der Waals surface area contributed by atoms with E-state index in [2.05, 4.69) is 5.10 Å². The van der Waals surface area contributed by atoms with Crippen LogP contribution in [-0.4, -0.2) is 9.78 Å². The molecule has 0 amide bonds. The molecule has 0 radical (unpaired) electrons. The van der Waals surface area contributed by atoms with Crippen molar-refractivity contribution >= 4 is 5.69 Å². The van der Waals surface area contributed by atoms with Gasteiger partial charge in [0.1, 0.15) is 0 Å². The van der Waals surface area contributed by atoms with Crippen molar-refractivity contribution in [3.05, 3.63) is 41.7 Å². The van der Waals surface area contributed by atoms with Crippen LogP contribution in [0.1, 0.15) is 11.1 Å². The summed E-state index contributed by atoms with van der Waals surface area (Å²) in [5.41, 5.74) is 9.87. The largest absolute Gasteiger partial charge is 0.397 e. The van der Waals surface area contributed by atoms with Crippen molar-refractivity contribution in [3.63, 3.8) is 0 Å². The van der Waals surface area contributed by atoms with Gasteiger partial charge in [0.05, 0.1) is 17.6 Å². The van der Waals surface area contributed by atoms with Gasteiger partial charge in [0.15, 0.2) is 0 Å². The monoisotopic (exact) mass is 187 g/mol. The Bertz CT molecular complexity index is 457. The fourth-order valence-corrected chi connectivity index (χ4v) is 1.40. The molecule has 1 aromatic carbocycles. The van der Waals surface area contributed by atoms with Crippen LogP contribution in [0, 0.1) is 13.8 Å². The molecule has 3 nitrogen and oxygen atoms in total. The molecule has 0 spiro atoms. The zero-order valence-corrected chi connectivity index (χ0v) is 8.36. The molecule has 3 heteroatoms. The number of aryl methyl sites for hydroxylation is 2. The number of nitrogens with two attached hydrogens (primary N) is 1. The summed E-state index contributed by atoms with van der Waals surface area (Å²) >= 11 is 0. The van der Waals surface area contributed by atoms with Gasteiger partial charge < -0.3 is 5.73 Å². The van der Waals surface area contributed by atoms with Crippen LogP contribution < -0.4 is 5.73 Å². The molecule has 2 aromatic rings. The van der Waals surface area contributed by atoms with E-state index in [1.807, 2.05) is 44.4 Å². The lowest BCUT2D eigenvalue weighted by molar-refractivity contribution is 0.881. The normalized spacial score (nSPS) is 10.4. The summed E-state index contributed by atoms with van der Waals surface area (Å²) < 4.78 is 1.80. The zero-order valence-electron chi connectivity index (χ0n) is 8.36. The molecule has 0 aliphatic carbocycles. The van der Waals surface area contributed by atoms with Crippen LogP contribution >= 0.6 is 0 Å². The van der Waals surface area contributed by atoms with E-state index in [1.165, 1.54) is 5.56 Å². The Labute approximate surface area is 83.2 Å². The third kappa shape index (κ3) is 1.48. The summed E-state index contributed by atoms with van der Waals surface area (Å²) in [6.45, 7) is 4.05. The Balaban J connectivity index is 2.55. The van der Waals surface area contributed by atoms with E-state index >= 15 is 0 Å². The standard InChI is InChI=1S/C11H13N3/c1-8-3-4-10(12)11(5-8)14-7-9(2)6-13-14/h3-7H,12H2,1-2H3. The molecule has 2 N–H and O–H groups in total. The van der Waals surface area contributed by atoms with Gasteiger partial charge in [-0.15, -0.1) is 0 Å². The number of hydrogen-bond acceptors (Lipinski definition) is 2. The lowest BCUT2D eigenvalue weighted by Gasteiger charge is -2.06. The van der Waals surface area contributed by atoms with E-state index in [0.29, 0.717) is 0 Å². The van der Waals surface area contributed by atoms with Crippen molar-refractivity contribution < 1.29 is 0 Å². The Morgan fingerprint density at radius 1 is 1.21 bits per heavy atom. The van der Waals surface area contributed by atoms with Crippen LogP contribution in [-0.2, 0) is 0 Å². The Hall–Kier alpha value is -1.77. The summed E-state index contributed by atoms with van der Waals surface area (Å²) in [7, 11) is 0. The molecule has 0 unspecified atom stereocenters. The van der Waals surface area contributed by atoms with Crippen molar-refractivity contribution in [1.82, 2.24) is 9.78 Å². The van der Waals surface area contributed by atoms with Crippen LogP contribution in [0.15, 0.2) is 30.6 Å². The van der Waals surface area contributed by atoms with Crippen LogP contribution in [0.3, 0.4) is 0 Å². The van der Waals surface area contributed by atoms with Gasteiger partial charge in [-0.3, -0.25) is 0 Å². The Kier molecular flexibility index (Phi) is 2.00. The minimum absolute atomic E-state index is 0.749. The zero-order chi connectivity index (χ0) is 10.1. The van der Waals surface area contributed by atoms with Crippen molar-refractivity contribution in [1.29, 1.82) is 0 Å². The predicted octanol–water partition coefficient (Wildman–Crippen LogP) is 2.07. The molecule has 0 bridgehead atoms. The van der Waals surface area contributed by atoms with Gasteiger partial charge >= 0.3 is 0 Å². The molecule has 0 saturated carbocycles. The number of aromatic nitrogens is 2. The SMILES string of the molecule is Cc1ccc(N)c(-n2cc(C)cn2)c1. The second-order valence-corrected chi connectivity index (χ2v) is 3.52. The van der Waals surface area contributed by atoms with Gasteiger partial charge in [0.25, 0.3) is 0 Å². The van der Waals surface area contributed by atoms with Gasteiger partial charge in [-0.05, 0) is 37.1 Å². The number of benzene rings is 1. The van der Waals surface area contributed by atoms with Gasteiger partial charge in [0, 0.05) is 6.20 Å². The smallest absolute Gasteiger partial charge is 0.0877 e. The molecule has 1 heterocycles. The first-order chi connectivity index (χ1) is 6.66. The maximum absolute atomic E-state index is 5.87. The predicted molar refractivity (Wildman–Crippen MR) is 57.5 cm³/mol. The summed E-state index contributed by atoms with van der Waals surface area (Å²) in [6, 6.07) is 5.93. The van der Waals surface area contributed by atoms with E-state index in [0.717, 1.165) is 16.9 Å². The Morgan fingerprint density at radius 2 is 2.00 bits per heavy atom. The van der Waals surface area contributed by atoms with Gasteiger partial charge in [-0.25, -0.2) is 4.68 Å². The molecule has 0 fully saturated rings. The summed E-state index contributed by atoms with van der Waals surface area (Å²) in [5, 5.41) is 4.22. The first-order valence-electron chi connectivity index (χ1n) is 4.54. The van der Waals surface area contributed by atoms with Gasteiger partial charge in [-0.1, -0.05) is 6.07 Å². The minimum atomic E-state index is 0.749. The highest BCUT2D eigenvalue weighted by atomic mass is 15.3. The van der Waals surface area contributed by atoms with E-state index < -0.39 is 0 Å². The first-order valence-corrected chi connectivity index (χ1v) is 4.54. The van der Waals surface area contributed by atoms with Gasteiger partial charge in [-0.2, -0.15) is 5.10 Å². The third-order valence-corrected chi connectivity index (χ3v) is 2.14. The molecule has 0 aliphatic heterocycles. The van der Waals surface area contributed by atoms with Crippen LogP contribution in [0.5, 0.6) is 0 Å². The van der Waals surface area contributed by atoms with Crippen molar-refractivity contribution in [2.24, 2.45) is 0 Å². The topological polar surface area (TPSA) is 43.8 Å². The third-order valence-electron chi connectivity index (χ3n) is 2.14. The number of nitrogen functional groups attached to an aromatic ring is 1. The van der Waals surface area contributed by atoms with E-state index in [9.17, 15) is 0 Å². The van der Waals surface area contributed by atoms with Crippen LogP contribution in [0.2, 0.25) is 0 Å². The van der Waals surface area contributed by atoms with Gasteiger partial charge in [0.2, 0.25) is 0 Å². The second-order valence-electron chi connectivity index (χ2n) is 3.52. The number of nitrogens with zero attached hydrogens (tertiary/aromatic N) is 2. The lowest BCUT2D eigenvalue weighted by Crippen LogP contribution is -2.00. The molecule has 2 rings (SSSR count). The molecular weight excluding hydrogens is 174 g/mol. The summed E-state index contributed by atoms with van der Waals surface area (Å²) in [4.78, 5) is 0. The maximum Gasteiger partial charge on any atom is 0.0877 e. The second kappa shape index (κ2) is 3.18. The van der Waals surface area contributed by atoms with Crippen LogP contribution in [0.25, 0.3) is 5.69 Å². The summed E-state index contributed by atoms with van der Waals surface area (Å²) in [5.74, 6) is 0. The fourth-order valence-electron chi connectivity index (χ4n) is 1.40. The molecule has 0 atom stereocenters.